The van der Waals surface area contributed by atoms with E-state index >= 15 is 0 Å². The summed E-state index contributed by atoms with van der Waals surface area (Å²) >= 11 is 0. The minimum Gasteiger partial charge on any atom is -0.495 e. The van der Waals surface area contributed by atoms with Crippen molar-refractivity contribution < 1.29 is 23.5 Å². The molecule has 7 heteroatoms. The van der Waals surface area contributed by atoms with Gasteiger partial charge in [0.05, 0.1) is 12.8 Å². The fourth-order valence-corrected chi connectivity index (χ4v) is 3.09. The van der Waals surface area contributed by atoms with Crippen LogP contribution >= 0.6 is 0 Å². The molecule has 1 fully saturated rings. The number of aryl methyl sites for hydroxylation is 1. The van der Waals surface area contributed by atoms with Gasteiger partial charge >= 0.3 is 6.03 Å². The summed E-state index contributed by atoms with van der Waals surface area (Å²) in [5.41, 5.74) is 1.53. The van der Waals surface area contributed by atoms with E-state index in [9.17, 15) is 14.0 Å². The lowest BCUT2D eigenvalue weighted by Gasteiger charge is -2.23. The van der Waals surface area contributed by atoms with Gasteiger partial charge in [0.25, 0.3) is 0 Å². The highest BCUT2D eigenvalue weighted by molar-refractivity contribution is 6.10. The molecule has 0 saturated carbocycles. The van der Waals surface area contributed by atoms with Gasteiger partial charge in [0.1, 0.15) is 11.6 Å². The van der Waals surface area contributed by atoms with Crippen LogP contribution in [0, 0.1) is 12.7 Å². The van der Waals surface area contributed by atoms with Crippen LogP contribution in [0.4, 0.5) is 14.9 Å². The molecule has 0 bridgehead atoms. The van der Waals surface area contributed by atoms with Gasteiger partial charge in [0, 0.05) is 30.4 Å². The van der Waals surface area contributed by atoms with Crippen molar-refractivity contribution in [3.05, 3.63) is 58.9 Å². The Morgan fingerprint density at radius 1 is 1.11 bits per heavy atom. The van der Waals surface area contributed by atoms with E-state index in [-0.39, 0.29) is 23.7 Å². The van der Waals surface area contributed by atoms with Crippen LogP contribution in [-0.2, 0) is 4.74 Å². The molecule has 0 aromatic heterocycles. The van der Waals surface area contributed by atoms with E-state index < -0.39 is 0 Å². The summed E-state index contributed by atoms with van der Waals surface area (Å²) in [6, 6.07) is 8.69. The first-order valence-corrected chi connectivity index (χ1v) is 9.12. The van der Waals surface area contributed by atoms with Gasteiger partial charge in [-0.15, -0.1) is 0 Å². The zero-order valence-electron chi connectivity index (χ0n) is 15.9. The molecule has 2 aromatic rings. The number of ether oxygens (including phenoxy) is 2. The minimum atomic E-state index is -0.368. The maximum atomic E-state index is 13.5. The molecule has 0 unspecified atom stereocenters. The van der Waals surface area contributed by atoms with Gasteiger partial charge < -0.3 is 20.1 Å². The molecular formula is C21H23FN2O4. The van der Waals surface area contributed by atoms with Crippen LogP contribution in [0.3, 0.4) is 0 Å². The zero-order valence-corrected chi connectivity index (χ0v) is 15.9. The number of carbonyl (C=O) groups excluding carboxylic acids is 2. The quantitative estimate of drug-likeness (QED) is 0.769. The number of halogens is 1. The molecule has 2 amide bonds. The highest BCUT2D eigenvalue weighted by Gasteiger charge is 2.18. The first-order valence-electron chi connectivity index (χ1n) is 9.12. The number of methoxy groups -OCH3 is 1. The van der Waals surface area contributed by atoms with Crippen molar-refractivity contribution in [1.29, 1.82) is 0 Å². The van der Waals surface area contributed by atoms with E-state index in [1.165, 1.54) is 25.3 Å². The number of ketones is 1. The zero-order chi connectivity index (χ0) is 20.1. The third-order valence-corrected chi connectivity index (χ3v) is 4.69. The minimum absolute atomic E-state index is 0.0479. The maximum absolute atomic E-state index is 13.5. The number of amides is 2. The molecule has 0 atom stereocenters. The van der Waals surface area contributed by atoms with E-state index in [1.54, 1.807) is 25.1 Å². The van der Waals surface area contributed by atoms with Crippen LogP contribution < -0.4 is 15.4 Å². The second-order valence-corrected chi connectivity index (χ2v) is 6.69. The molecule has 1 saturated heterocycles. The largest absolute Gasteiger partial charge is 0.495 e. The van der Waals surface area contributed by atoms with Crippen LogP contribution in [0.1, 0.15) is 34.3 Å². The molecule has 0 radical (unpaired) electrons. The summed E-state index contributed by atoms with van der Waals surface area (Å²) in [5, 5.41) is 5.65. The van der Waals surface area contributed by atoms with Crippen LogP contribution in [0.15, 0.2) is 36.4 Å². The topological polar surface area (TPSA) is 76.7 Å². The summed E-state index contributed by atoms with van der Waals surface area (Å²) in [6.45, 7) is 2.85. The number of hydrogen-bond acceptors (Lipinski definition) is 4. The predicted molar refractivity (Wildman–Crippen MR) is 104 cm³/mol. The summed E-state index contributed by atoms with van der Waals surface area (Å²) in [7, 11) is 1.49. The fourth-order valence-electron chi connectivity index (χ4n) is 3.09. The number of carbonyl (C=O) groups is 2. The second-order valence-electron chi connectivity index (χ2n) is 6.69. The Morgan fingerprint density at radius 3 is 2.46 bits per heavy atom. The van der Waals surface area contributed by atoms with E-state index in [0.717, 1.165) is 12.8 Å². The van der Waals surface area contributed by atoms with Gasteiger partial charge in [-0.05, 0) is 61.7 Å². The average molecular weight is 386 g/mol. The van der Waals surface area contributed by atoms with Crippen LogP contribution in [0.25, 0.3) is 0 Å². The Labute approximate surface area is 163 Å². The third kappa shape index (κ3) is 4.67. The lowest BCUT2D eigenvalue weighted by atomic mass is 10.0. The lowest BCUT2D eigenvalue weighted by molar-refractivity contribution is 0.0806. The van der Waals surface area contributed by atoms with Gasteiger partial charge in [-0.2, -0.15) is 0 Å². The molecular weight excluding hydrogens is 363 g/mol. The maximum Gasteiger partial charge on any atom is 0.319 e. The number of nitrogens with one attached hydrogen (secondary N) is 2. The fraction of sp³-hybridized carbons (Fsp3) is 0.333. The molecule has 1 aliphatic rings. The first kappa shape index (κ1) is 19.8. The van der Waals surface area contributed by atoms with Crippen molar-refractivity contribution in [2.75, 3.05) is 25.6 Å². The number of hydrogen-bond donors (Lipinski definition) is 2. The predicted octanol–water partition coefficient (Wildman–Crippen LogP) is 3.67. The second kappa shape index (κ2) is 8.84. The van der Waals surface area contributed by atoms with Gasteiger partial charge in [-0.25, -0.2) is 9.18 Å². The van der Waals surface area contributed by atoms with E-state index in [0.29, 0.717) is 41.3 Å². The molecule has 148 valence electrons. The standard InChI is InChI=1S/C21H23FN2O4/c1-13-11-14(3-5-17(13)22)20(25)15-4-6-19(27-2)18(12-15)24-21(26)23-16-7-9-28-10-8-16/h3-6,11-12,16H,7-10H2,1-2H3,(H2,23,24,26). The molecule has 2 aromatic carbocycles. The third-order valence-electron chi connectivity index (χ3n) is 4.69. The normalized spacial score (nSPS) is 14.4. The SMILES string of the molecule is COc1ccc(C(=O)c2ccc(F)c(C)c2)cc1NC(=O)NC1CCOCC1. The Balaban J connectivity index is 1.78. The van der Waals surface area contributed by atoms with Crippen molar-refractivity contribution in [3.8, 4) is 5.75 Å². The molecule has 0 aliphatic carbocycles. The molecule has 1 aliphatic heterocycles. The molecule has 1 heterocycles. The van der Waals surface area contributed by atoms with Crippen molar-refractivity contribution in [2.24, 2.45) is 0 Å². The highest BCUT2D eigenvalue weighted by atomic mass is 19.1. The van der Waals surface area contributed by atoms with E-state index in [4.69, 9.17) is 9.47 Å². The molecule has 6 nitrogen and oxygen atoms in total. The van der Waals surface area contributed by atoms with Crippen LogP contribution in [0.5, 0.6) is 5.75 Å². The van der Waals surface area contributed by atoms with Crippen molar-refractivity contribution in [1.82, 2.24) is 5.32 Å². The number of benzene rings is 2. The first-order chi connectivity index (χ1) is 13.5. The Hall–Kier alpha value is -2.93. The van der Waals surface area contributed by atoms with Gasteiger partial charge in [0.15, 0.2) is 5.78 Å². The summed E-state index contributed by atoms with van der Waals surface area (Å²) in [5.74, 6) is -0.189. The van der Waals surface area contributed by atoms with Crippen molar-refractivity contribution in [3.63, 3.8) is 0 Å². The number of anilines is 1. The van der Waals surface area contributed by atoms with Crippen LogP contribution in [0.2, 0.25) is 0 Å². The van der Waals surface area contributed by atoms with Gasteiger partial charge in [-0.1, -0.05) is 0 Å². The summed E-state index contributed by atoms with van der Waals surface area (Å²) < 4.78 is 24.0. The molecule has 2 N–H and O–H groups in total. The molecule has 3 rings (SSSR count). The number of urea groups is 1. The molecule has 0 spiro atoms. The number of rotatable bonds is 5. The van der Waals surface area contributed by atoms with Crippen molar-refractivity contribution in [2.45, 2.75) is 25.8 Å². The van der Waals surface area contributed by atoms with E-state index in [1.807, 2.05) is 0 Å². The Kier molecular flexibility index (Phi) is 6.26. The van der Waals surface area contributed by atoms with Gasteiger partial charge in [-0.3, -0.25) is 4.79 Å². The van der Waals surface area contributed by atoms with E-state index in [2.05, 4.69) is 10.6 Å². The highest BCUT2D eigenvalue weighted by Crippen LogP contribution is 2.27. The average Bonchev–Trinajstić information content (AvgIpc) is 2.70. The molecule has 28 heavy (non-hydrogen) atoms. The van der Waals surface area contributed by atoms with Crippen molar-refractivity contribution >= 4 is 17.5 Å². The smallest absolute Gasteiger partial charge is 0.319 e. The Morgan fingerprint density at radius 2 is 1.79 bits per heavy atom. The summed E-state index contributed by atoms with van der Waals surface area (Å²) in [6.07, 6.45) is 1.51. The summed E-state index contributed by atoms with van der Waals surface area (Å²) in [4.78, 5) is 25.1. The van der Waals surface area contributed by atoms with Crippen LogP contribution in [-0.4, -0.2) is 38.2 Å². The van der Waals surface area contributed by atoms with Gasteiger partial charge in [0.2, 0.25) is 0 Å². The lowest BCUT2D eigenvalue weighted by Crippen LogP contribution is -2.41. The monoisotopic (exact) mass is 386 g/mol. The Bertz CT molecular complexity index is 879.